The summed E-state index contributed by atoms with van der Waals surface area (Å²) in [4.78, 5) is 11.8. The summed E-state index contributed by atoms with van der Waals surface area (Å²) in [6.45, 7) is 5.73. The van der Waals surface area contributed by atoms with E-state index < -0.39 is 0 Å². The summed E-state index contributed by atoms with van der Waals surface area (Å²) in [7, 11) is 0. The van der Waals surface area contributed by atoms with E-state index in [4.69, 9.17) is 5.73 Å². The molecule has 2 unspecified atom stereocenters. The number of hydrogen-bond acceptors (Lipinski definition) is 2. The Balaban J connectivity index is 2.84. The summed E-state index contributed by atoms with van der Waals surface area (Å²) >= 11 is 0. The Bertz CT molecular complexity index is 314. The SMILES string of the molecule is Cc1ccc(C(=O)C(C)C(C)N)cc1. The van der Waals surface area contributed by atoms with E-state index in [1.165, 1.54) is 0 Å². The molecule has 14 heavy (non-hydrogen) atoms. The number of benzene rings is 1. The van der Waals surface area contributed by atoms with Crippen molar-refractivity contribution < 1.29 is 4.79 Å². The number of Topliss-reactive ketones (excluding diaryl/α,β-unsaturated/α-hetero) is 1. The van der Waals surface area contributed by atoms with E-state index in [1.54, 1.807) is 0 Å². The molecule has 1 rings (SSSR count). The Labute approximate surface area is 85.1 Å². The van der Waals surface area contributed by atoms with Gasteiger partial charge in [0.25, 0.3) is 0 Å². The first-order chi connectivity index (χ1) is 6.52. The van der Waals surface area contributed by atoms with Gasteiger partial charge in [0.15, 0.2) is 5.78 Å². The molecule has 0 radical (unpaired) electrons. The highest BCUT2D eigenvalue weighted by Crippen LogP contribution is 2.11. The van der Waals surface area contributed by atoms with Gasteiger partial charge in [-0.25, -0.2) is 0 Å². The monoisotopic (exact) mass is 191 g/mol. The molecule has 0 bridgehead atoms. The first kappa shape index (κ1) is 10.9. The van der Waals surface area contributed by atoms with Crippen LogP contribution in [0, 0.1) is 12.8 Å². The van der Waals surface area contributed by atoms with Crippen molar-refractivity contribution in [1.82, 2.24) is 0 Å². The number of hydrogen-bond donors (Lipinski definition) is 1. The molecular formula is C12H17NO. The zero-order valence-electron chi connectivity index (χ0n) is 8.95. The molecular weight excluding hydrogens is 174 g/mol. The molecule has 1 aromatic rings. The third kappa shape index (κ3) is 2.42. The minimum Gasteiger partial charge on any atom is -0.327 e. The van der Waals surface area contributed by atoms with Gasteiger partial charge in [0.05, 0.1) is 0 Å². The van der Waals surface area contributed by atoms with Crippen LogP contribution in [-0.4, -0.2) is 11.8 Å². The van der Waals surface area contributed by atoms with Crippen molar-refractivity contribution in [3.05, 3.63) is 35.4 Å². The molecule has 2 heteroatoms. The van der Waals surface area contributed by atoms with Gasteiger partial charge in [0.2, 0.25) is 0 Å². The number of aryl methyl sites for hydroxylation is 1. The fraction of sp³-hybridized carbons (Fsp3) is 0.417. The van der Waals surface area contributed by atoms with Crippen molar-refractivity contribution in [1.29, 1.82) is 0 Å². The van der Waals surface area contributed by atoms with Gasteiger partial charge in [0.1, 0.15) is 0 Å². The zero-order chi connectivity index (χ0) is 10.7. The van der Waals surface area contributed by atoms with Crippen LogP contribution in [0.5, 0.6) is 0 Å². The van der Waals surface area contributed by atoms with Crippen LogP contribution >= 0.6 is 0 Å². The first-order valence-electron chi connectivity index (χ1n) is 4.89. The molecule has 0 saturated carbocycles. The largest absolute Gasteiger partial charge is 0.327 e. The average molecular weight is 191 g/mol. The van der Waals surface area contributed by atoms with Gasteiger partial charge in [-0.3, -0.25) is 4.79 Å². The van der Waals surface area contributed by atoms with Gasteiger partial charge in [-0.1, -0.05) is 36.8 Å². The second-order valence-electron chi connectivity index (χ2n) is 3.88. The standard InChI is InChI=1S/C12H17NO/c1-8-4-6-11(7-5-8)12(14)9(2)10(3)13/h4-7,9-10H,13H2,1-3H3. The molecule has 0 saturated heterocycles. The fourth-order valence-corrected chi connectivity index (χ4v) is 1.22. The fourth-order valence-electron chi connectivity index (χ4n) is 1.22. The van der Waals surface area contributed by atoms with Gasteiger partial charge < -0.3 is 5.73 Å². The lowest BCUT2D eigenvalue weighted by molar-refractivity contribution is 0.0917. The summed E-state index contributed by atoms with van der Waals surface area (Å²) in [5, 5.41) is 0. The van der Waals surface area contributed by atoms with Crippen LogP contribution in [0.15, 0.2) is 24.3 Å². The molecule has 1 aromatic carbocycles. The molecule has 2 N–H and O–H groups in total. The quantitative estimate of drug-likeness (QED) is 0.744. The van der Waals surface area contributed by atoms with Crippen molar-refractivity contribution in [2.24, 2.45) is 11.7 Å². The van der Waals surface area contributed by atoms with Gasteiger partial charge in [-0.15, -0.1) is 0 Å². The summed E-state index contributed by atoms with van der Waals surface area (Å²) in [5.41, 5.74) is 7.60. The summed E-state index contributed by atoms with van der Waals surface area (Å²) in [6.07, 6.45) is 0. The molecule has 76 valence electrons. The summed E-state index contributed by atoms with van der Waals surface area (Å²) in [6, 6.07) is 7.51. The highest BCUT2D eigenvalue weighted by molar-refractivity contribution is 5.98. The van der Waals surface area contributed by atoms with Crippen LogP contribution in [0.4, 0.5) is 0 Å². The second-order valence-corrected chi connectivity index (χ2v) is 3.88. The van der Waals surface area contributed by atoms with Crippen molar-refractivity contribution in [2.75, 3.05) is 0 Å². The Morgan fingerprint density at radius 1 is 1.21 bits per heavy atom. The Morgan fingerprint density at radius 2 is 1.71 bits per heavy atom. The van der Waals surface area contributed by atoms with E-state index in [9.17, 15) is 4.79 Å². The molecule has 2 nitrogen and oxygen atoms in total. The van der Waals surface area contributed by atoms with E-state index >= 15 is 0 Å². The van der Waals surface area contributed by atoms with Crippen LogP contribution in [-0.2, 0) is 0 Å². The lowest BCUT2D eigenvalue weighted by Crippen LogP contribution is -2.30. The van der Waals surface area contributed by atoms with Crippen LogP contribution < -0.4 is 5.73 Å². The maximum absolute atomic E-state index is 11.8. The third-order valence-electron chi connectivity index (χ3n) is 2.54. The van der Waals surface area contributed by atoms with E-state index in [0.29, 0.717) is 0 Å². The van der Waals surface area contributed by atoms with E-state index in [-0.39, 0.29) is 17.7 Å². The molecule has 0 heterocycles. The van der Waals surface area contributed by atoms with Crippen molar-refractivity contribution in [2.45, 2.75) is 26.8 Å². The maximum Gasteiger partial charge on any atom is 0.167 e. The van der Waals surface area contributed by atoms with Gasteiger partial charge >= 0.3 is 0 Å². The molecule has 0 fully saturated rings. The topological polar surface area (TPSA) is 43.1 Å². The number of ketones is 1. The molecule has 0 aromatic heterocycles. The highest BCUT2D eigenvalue weighted by atomic mass is 16.1. The lowest BCUT2D eigenvalue weighted by Gasteiger charge is -2.14. The van der Waals surface area contributed by atoms with Crippen LogP contribution in [0.2, 0.25) is 0 Å². The molecule has 0 spiro atoms. The van der Waals surface area contributed by atoms with Gasteiger partial charge in [-0.05, 0) is 13.8 Å². The number of rotatable bonds is 3. The second kappa shape index (κ2) is 4.38. The maximum atomic E-state index is 11.8. The number of nitrogens with two attached hydrogens (primary N) is 1. The molecule has 0 aliphatic heterocycles. The summed E-state index contributed by atoms with van der Waals surface area (Å²) in [5.74, 6) is 0.0118. The average Bonchev–Trinajstić information content (AvgIpc) is 2.16. The first-order valence-corrected chi connectivity index (χ1v) is 4.89. The van der Waals surface area contributed by atoms with Gasteiger partial charge in [-0.2, -0.15) is 0 Å². The molecule has 2 atom stereocenters. The van der Waals surface area contributed by atoms with Crippen LogP contribution in [0.25, 0.3) is 0 Å². The van der Waals surface area contributed by atoms with E-state index in [0.717, 1.165) is 11.1 Å². The number of carbonyl (C=O) groups excluding carboxylic acids is 1. The normalized spacial score (nSPS) is 14.9. The van der Waals surface area contributed by atoms with Crippen LogP contribution in [0.1, 0.15) is 29.8 Å². The van der Waals surface area contributed by atoms with Crippen molar-refractivity contribution in [3.8, 4) is 0 Å². The van der Waals surface area contributed by atoms with E-state index in [2.05, 4.69) is 0 Å². The zero-order valence-corrected chi connectivity index (χ0v) is 8.95. The molecule has 0 aliphatic carbocycles. The minimum atomic E-state index is -0.113. The number of carbonyl (C=O) groups is 1. The Kier molecular flexibility index (Phi) is 3.42. The molecule has 0 amide bonds. The third-order valence-corrected chi connectivity index (χ3v) is 2.54. The van der Waals surface area contributed by atoms with Crippen LogP contribution in [0.3, 0.4) is 0 Å². The smallest absolute Gasteiger partial charge is 0.167 e. The minimum absolute atomic E-state index is 0.0937. The van der Waals surface area contributed by atoms with Crippen molar-refractivity contribution in [3.63, 3.8) is 0 Å². The molecule has 0 aliphatic rings. The predicted octanol–water partition coefficient (Wildman–Crippen LogP) is 2.16. The Morgan fingerprint density at radius 3 is 2.14 bits per heavy atom. The Hall–Kier alpha value is -1.15. The highest BCUT2D eigenvalue weighted by Gasteiger charge is 2.18. The predicted molar refractivity (Wildman–Crippen MR) is 58.3 cm³/mol. The van der Waals surface area contributed by atoms with E-state index in [1.807, 2.05) is 45.0 Å². The summed E-state index contributed by atoms with van der Waals surface area (Å²) < 4.78 is 0. The van der Waals surface area contributed by atoms with Crippen molar-refractivity contribution >= 4 is 5.78 Å². The lowest BCUT2D eigenvalue weighted by atomic mass is 9.94. The van der Waals surface area contributed by atoms with Gasteiger partial charge in [0, 0.05) is 17.5 Å².